The fourth-order valence-electron chi connectivity index (χ4n) is 4.03. The minimum absolute atomic E-state index is 0.0174. The van der Waals surface area contributed by atoms with Gasteiger partial charge in [0.25, 0.3) is 5.91 Å². The molecule has 1 fully saturated rings. The van der Waals surface area contributed by atoms with Gasteiger partial charge < -0.3 is 14.2 Å². The molecule has 1 aliphatic heterocycles. The predicted octanol–water partition coefficient (Wildman–Crippen LogP) is 3.87. The van der Waals surface area contributed by atoms with Gasteiger partial charge in [0.05, 0.1) is 5.56 Å². The van der Waals surface area contributed by atoms with Gasteiger partial charge in [-0.2, -0.15) is 0 Å². The highest BCUT2D eigenvalue weighted by Crippen LogP contribution is 2.24. The summed E-state index contributed by atoms with van der Waals surface area (Å²) in [6.45, 7) is 6.75. The van der Waals surface area contributed by atoms with Crippen LogP contribution in [-0.2, 0) is 0 Å². The number of carbonyl (C=O) groups excluding carboxylic acids is 1. The molecule has 3 aromatic rings. The quantitative estimate of drug-likeness (QED) is 0.637. The molecule has 150 valence electrons. The number of hydrogen-bond acceptors (Lipinski definition) is 4. The predicted molar refractivity (Wildman–Crippen MR) is 115 cm³/mol. The number of para-hydroxylation sites is 1. The van der Waals surface area contributed by atoms with Gasteiger partial charge in [-0.25, -0.2) is 4.79 Å². The fourth-order valence-corrected chi connectivity index (χ4v) is 4.03. The van der Waals surface area contributed by atoms with Gasteiger partial charge in [0, 0.05) is 36.6 Å². The molecule has 2 aromatic carbocycles. The third kappa shape index (κ3) is 3.83. The van der Waals surface area contributed by atoms with E-state index in [1.54, 1.807) is 12.1 Å². The van der Waals surface area contributed by atoms with E-state index in [2.05, 4.69) is 25.8 Å². The van der Waals surface area contributed by atoms with Crippen molar-refractivity contribution >= 4 is 16.9 Å². The van der Waals surface area contributed by atoms with E-state index in [1.165, 1.54) is 0 Å². The average Bonchev–Trinajstić information content (AvgIpc) is 2.72. The Morgan fingerprint density at radius 1 is 1.07 bits per heavy atom. The summed E-state index contributed by atoms with van der Waals surface area (Å²) in [5.41, 5.74) is 1.94. The largest absolute Gasteiger partial charge is 0.422 e. The van der Waals surface area contributed by atoms with Crippen molar-refractivity contribution in [1.82, 2.24) is 9.80 Å². The number of nitrogens with zero attached hydrogens (tertiary/aromatic N) is 2. The number of carbonyl (C=O) groups is 1. The van der Waals surface area contributed by atoms with E-state index in [9.17, 15) is 9.59 Å². The van der Waals surface area contributed by atoms with Gasteiger partial charge >= 0.3 is 5.63 Å². The first-order valence-electron chi connectivity index (χ1n) is 10.1. The summed E-state index contributed by atoms with van der Waals surface area (Å²) < 4.78 is 5.47. The van der Waals surface area contributed by atoms with Gasteiger partial charge in [-0.05, 0) is 42.8 Å². The molecular weight excluding hydrogens is 364 g/mol. The van der Waals surface area contributed by atoms with Gasteiger partial charge in [-0.15, -0.1) is 0 Å². The maximum absolute atomic E-state index is 13.3. The molecule has 5 nitrogen and oxygen atoms in total. The van der Waals surface area contributed by atoms with Crippen molar-refractivity contribution < 1.29 is 9.21 Å². The van der Waals surface area contributed by atoms with Crippen LogP contribution in [0.5, 0.6) is 0 Å². The maximum Gasteiger partial charge on any atom is 0.344 e. The van der Waals surface area contributed by atoms with Crippen LogP contribution in [-0.4, -0.2) is 48.4 Å². The molecule has 1 atom stereocenters. The highest BCUT2D eigenvalue weighted by molar-refractivity contribution is 5.96. The van der Waals surface area contributed by atoms with Crippen molar-refractivity contribution in [3.05, 3.63) is 70.6 Å². The van der Waals surface area contributed by atoms with Crippen molar-refractivity contribution in [3.8, 4) is 11.1 Å². The van der Waals surface area contributed by atoms with Crippen LogP contribution in [0.1, 0.15) is 24.2 Å². The molecule has 0 bridgehead atoms. The van der Waals surface area contributed by atoms with Crippen molar-refractivity contribution in [1.29, 1.82) is 0 Å². The number of hydrogen-bond donors (Lipinski definition) is 0. The lowest BCUT2D eigenvalue weighted by Gasteiger charge is -2.42. The Labute approximate surface area is 170 Å². The molecule has 1 amide bonds. The van der Waals surface area contributed by atoms with E-state index in [1.807, 2.05) is 47.4 Å². The first-order chi connectivity index (χ1) is 13.9. The number of amides is 1. The molecule has 1 saturated heterocycles. The van der Waals surface area contributed by atoms with Crippen molar-refractivity contribution in [2.24, 2.45) is 5.92 Å². The van der Waals surface area contributed by atoms with Gasteiger partial charge in [-0.3, -0.25) is 4.79 Å². The van der Waals surface area contributed by atoms with Crippen molar-refractivity contribution in [2.45, 2.75) is 19.9 Å². The van der Waals surface area contributed by atoms with E-state index in [4.69, 9.17) is 4.42 Å². The van der Waals surface area contributed by atoms with Gasteiger partial charge in [-0.1, -0.05) is 44.2 Å². The molecule has 29 heavy (non-hydrogen) atoms. The van der Waals surface area contributed by atoms with Crippen molar-refractivity contribution in [2.75, 3.05) is 26.7 Å². The van der Waals surface area contributed by atoms with Crippen LogP contribution < -0.4 is 5.63 Å². The molecule has 0 radical (unpaired) electrons. The highest BCUT2D eigenvalue weighted by atomic mass is 16.4. The second kappa shape index (κ2) is 7.84. The average molecular weight is 390 g/mol. The Balaban J connectivity index is 1.70. The molecule has 4 rings (SSSR count). The number of benzene rings is 2. The lowest BCUT2D eigenvalue weighted by atomic mass is 9.97. The molecule has 0 saturated carbocycles. The van der Waals surface area contributed by atoms with E-state index in [0.717, 1.165) is 18.5 Å². The molecule has 0 aliphatic carbocycles. The zero-order valence-corrected chi connectivity index (χ0v) is 17.1. The number of rotatable bonds is 3. The highest BCUT2D eigenvalue weighted by Gasteiger charge is 2.31. The normalized spacial score (nSPS) is 17.8. The van der Waals surface area contributed by atoms with Crippen LogP contribution in [0.3, 0.4) is 0 Å². The van der Waals surface area contributed by atoms with E-state index in [0.29, 0.717) is 34.7 Å². The SMILES string of the molecule is CC(C)[C@H]1CN(C)CCN1C(=O)c1cccc(-c2cc3ccccc3oc2=O)c1. The monoisotopic (exact) mass is 390 g/mol. The summed E-state index contributed by atoms with van der Waals surface area (Å²) in [6, 6.07) is 16.8. The summed E-state index contributed by atoms with van der Waals surface area (Å²) in [6.07, 6.45) is 0. The van der Waals surface area contributed by atoms with Gasteiger partial charge in [0.2, 0.25) is 0 Å². The second-order valence-corrected chi connectivity index (χ2v) is 8.14. The second-order valence-electron chi connectivity index (χ2n) is 8.14. The first kappa shape index (κ1) is 19.4. The lowest BCUT2D eigenvalue weighted by molar-refractivity contribution is 0.0402. The Morgan fingerprint density at radius 2 is 1.86 bits per heavy atom. The van der Waals surface area contributed by atoms with E-state index < -0.39 is 5.63 Å². The summed E-state index contributed by atoms with van der Waals surface area (Å²) in [5.74, 6) is 0.390. The molecule has 1 aromatic heterocycles. The van der Waals surface area contributed by atoms with Crippen LogP contribution in [0.4, 0.5) is 0 Å². The number of piperazine rings is 1. The first-order valence-corrected chi connectivity index (χ1v) is 10.1. The molecule has 1 aliphatic rings. The van der Waals surface area contributed by atoms with Gasteiger partial charge in [0.15, 0.2) is 0 Å². The Hall–Kier alpha value is -2.92. The van der Waals surface area contributed by atoms with Crippen LogP contribution >= 0.6 is 0 Å². The molecular formula is C24H26N2O3. The molecule has 0 spiro atoms. The fraction of sp³-hybridized carbons (Fsp3) is 0.333. The third-order valence-electron chi connectivity index (χ3n) is 5.71. The van der Waals surface area contributed by atoms with E-state index in [-0.39, 0.29) is 11.9 Å². The molecule has 0 unspecified atom stereocenters. The zero-order valence-electron chi connectivity index (χ0n) is 17.1. The van der Waals surface area contributed by atoms with Crippen LogP contribution in [0.25, 0.3) is 22.1 Å². The topological polar surface area (TPSA) is 53.8 Å². The molecule has 0 N–H and O–H groups in total. The van der Waals surface area contributed by atoms with E-state index >= 15 is 0 Å². The van der Waals surface area contributed by atoms with Crippen molar-refractivity contribution in [3.63, 3.8) is 0 Å². The third-order valence-corrected chi connectivity index (χ3v) is 5.71. The van der Waals surface area contributed by atoms with Gasteiger partial charge in [0.1, 0.15) is 5.58 Å². The summed E-state index contributed by atoms with van der Waals surface area (Å²) in [7, 11) is 2.09. The Morgan fingerprint density at radius 3 is 2.66 bits per heavy atom. The minimum atomic E-state index is -0.395. The van der Waals surface area contributed by atoms with Crippen LogP contribution in [0.2, 0.25) is 0 Å². The maximum atomic E-state index is 13.3. The lowest BCUT2D eigenvalue weighted by Crippen LogP contribution is -2.56. The number of fused-ring (bicyclic) bond motifs is 1. The Bertz CT molecular complexity index is 1100. The van der Waals surface area contributed by atoms with Crippen LogP contribution in [0.15, 0.2) is 63.8 Å². The Kier molecular flexibility index (Phi) is 5.24. The summed E-state index contributed by atoms with van der Waals surface area (Å²) >= 11 is 0. The van der Waals surface area contributed by atoms with Crippen LogP contribution in [0, 0.1) is 5.92 Å². The summed E-state index contributed by atoms with van der Waals surface area (Å²) in [5, 5.41) is 0.859. The molecule has 5 heteroatoms. The minimum Gasteiger partial charge on any atom is -0.422 e. The smallest absolute Gasteiger partial charge is 0.344 e. The number of likely N-dealkylation sites (N-methyl/N-ethyl adjacent to an activating group) is 1. The standard InChI is InChI=1S/C24H26N2O3/c1-16(2)21-15-25(3)11-12-26(21)23(27)19-9-6-8-17(13-19)20-14-18-7-4-5-10-22(18)29-24(20)28/h4-10,13-14,16,21H,11-12,15H2,1-3H3/t21-/m1/s1. The zero-order chi connectivity index (χ0) is 20.5. The summed E-state index contributed by atoms with van der Waals surface area (Å²) in [4.78, 5) is 30.1. The molecule has 2 heterocycles.